The molecule has 1 aromatic rings. The van der Waals surface area contributed by atoms with Crippen molar-refractivity contribution in [3.05, 3.63) is 55.0 Å². The Kier molecular flexibility index (Phi) is 8.02. The first-order valence-electron chi connectivity index (χ1n) is 9.89. The number of hydrogen-bond donors (Lipinski definition) is 3. The number of methoxy groups -OCH3 is 1. The molecule has 174 valence electrons. The first kappa shape index (κ1) is 24.3. The summed E-state index contributed by atoms with van der Waals surface area (Å²) < 4.78 is 29.4. The van der Waals surface area contributed by atoms with Crippen molar-refractivity contribution >= 4 is 31.3 Å². The van der Waals surface area contributed by atoms with Gasteiger partial charge in [-0.1, -0.05) is 24.8 Å². The smallest absolute Gasteiger partial charge is 0.459 e. The third kappa shape index (κ3) is 6.14. The van der Waals surface area contributed by atoms with Crippen molar-refractivity contribution in [2.24, 2.45) is 10.7 Å². The van der Waals surface area contributed by atoms with Gasteiger partial charge in [-0.2, -0.15) is 5.09 Å². The maximum absolute atomic E-state index is 13.4. The van der Waals surface area contributed by atoms with E-state index in [1.165, 1.54) is 25.8 Å². The molecule has 1 unspecified atom stereocenters. The van der Waals surface area contributed by atoms with Crippen LogP contribution in [0.2, 0.25) is 0 Å². The molecule has 10 nitrogen and oxygen atoms in total. The number of benzene rings is 1. The number of rotatable bonds is 9. The van der Waals surface area contributed by atoms with Crippen molar-refractivity contribution in [2.45, 2.75) is 36.1 Å². The van der Waals surface area contributed by atoms with Crippen LogP contribution in [0.25, 0.3) is 0 Å². The number of nitrogens with one attached hydrogen (secondary N) is 1. The van der Waals surface area contributed by atoms with Crippen molar-refractivity contribution in [1.82, 2.24) is 9.99 Å². The zero-order chi connectivity index (χ0) is 23.3. The van der Waals surface area contributed by atoms with Crippen molar-refractivity contribution in [1.29, 1.82) is 0 Å². The molecule has 4 N–H and O–H groups in total. The minimum atomic E-state index is -3.97. The van der Waals surface area contributed by atoms with Crippen LogP contribution < -0.4 is 15.3 Å². The SMILES string of the molecule is C=C1N=C(N)C=CN1[C@H]1C[C@@H](O)[C@@H](COP(=O)(N[C@@H](C)C(=O)OC)Oc2ccccc2)S1. The number of aliphatic hydroxyl groups excluding tert-OH is 1. The number of nitrogens with two attached hydrogens (primary N) is 1. The Morgan fingerprint density at radius 3 is 2.84 bits per heavy atom. The summed E-state index contributed by atoms with van der Waals surface area (Å²) >= 11 is 1.44. The Hall–Kier alpha value is -2.30. The number of para-hydroxylation sites is 1. The first-order chi connectivity index (χ1) is 15.2. The molecule has 0 amide bonds. The van der Waals surface area contributed by atoms with E-state index >= 15 is 0 Å². The molecule has 5 atom stereocenters. The number of aliphatic imine (C=N–C) groups is 1. The molecule has 0 saturated carbocycles. The van der Waals surface area contributed by atoms with Gasteiger partial charge in [0.05, 0.1) is 30.4 Å². The molecule has 2 aliphatic rings. The molecule has 0 spiro atoms. The second-order valence-corrected chi connectivity index (χ2v) is 10.3. The molecule has 3 rings (SSSR count). The standard InChI is InChI=1S/C20H27N4O6PS/c1-13(20(26)28-3)23-31(27,30-15-7-5-4-6-8-15)29-12-17-16(25)11-19(32-17)24-10-9-18(21)22-14(24)2/h4-10,13,16-17,19,25H,2,11-12H2,1,3H3,(H2,21,22)(H,23,27)/t13-,16+,17+,19+,31?/m0/s1. The van der Waals surface area contributed by atoms with Crippen LogP contribution in [0.4, 0.5) is 0 Å². The van der Waals surface area contributed by atoms with Gasteiger partial charge in [-0.25, -0.2) is 9.56 Å². The number of ether oxygens (including phenoxy) is 1. The van der Waals surface area contributed by atoms with Crippen molar-refractivity contribution in [3.63, 3.8) is 0 Å². The largest absolute Gasteiger partial charge is 0.468 e. The van der Waals surface area contributed by atoms with Crippen molar-refractivity contribution < 1.29 is 28.3 Å². The molecule has 2 aliphatic heterocycles. The predicted molar refractivity (Wildman–Crippen MR) is 123 cm³/mol. The van der Waals surface area contributed by atoms with Gasteiger partial charge in [0.25, 0.3) is 0 Å². The van der Waals surface area contributed by atoms with Crippen LogP contribution in [0.3, 0.4) is 0 Å². The van der Waals surface area contributed by atoms with Gasteiger partial charge in [-0.05, 0) is 25.1 Å². The highest BCUT2D eigenvalue weighted by Crippen LogP contribution is 2.47. The van der Waals surface area contributed by atoms with E-state index in [-0.39, 0.29) is 12.0 Å². The minimum absolute atomic E-state index is 0.0806. The van der Waals surface area contributed by atoms with Gasteiger partial charge in [0.15, 0.2) is 0 Å². The van der Waals surface area contributed by atoms with E-state index in [0.717, 1.165) is 0 Å². The molecule has 0 aromatic heterocycles. The predicted octanol–water partition coefficient (Wildman–Crippen LogP) is 2.19. The highest BCUT2D eigenvalue weighted by Gasteiger charge is 2.40. The Balaban J connectivity index is 1.67. The number of esters is 1. The number of aliphatic hydroxyl groups is 1. The zero-order valence-electron chi connectivity index (χ0n) is 17.8. The van der Waals surface area contributed by atoms with Crippen LogP contribution in [0, 0.1) is 0 Å². The molecule has 2 heterocycles. The topological polar surface area (TPSA) is 136 Å². The molecule has 32 heavy (non-hydrogen) atoms. The molecule has 12 heteroatoms. The number of amidine groups is 1. The number of carbonyl (C=O) groups is 1. The Bertz CT molecular complexity index is 943. The maximum atomic E-state index is 13.4. The van der Waals surface area contributed by atoms with E-state index in [1.807, 2.05) is 4.90 Å². The maximum Gasteiger partial charge on any atom is 0.459 e. The van der Waals surface area contributed by atoms with Gasteiger partial charge >= 0.3 is 13.7 Å². The summed E-state index contributed by atoms with van der Waals surface area (Å²) in [6.45, 7) is 5.30. The van der Waals surface area contributed by atoms with Crippen LogP contribution in [0.15, 0.2) is 60.0 Å². The lowest BCUT2D eigenvalue weighted by Gasteiger charge is -2.28. The fraction of sp³-hybridized carbons (Fsp3) is 0.400. The van der Waals surface area contributed by atoms with E-state index in [4.69, 9.17) is 14.8 Å². The fourth-order valence-corrected chi connectivity index (χ4v) is 6.22. The summed E-state index contributed by atoms with van der Waals surface area (Å²) in [5.41, 5.74) is 5.69. The van der Waals surface area contributed by atoms with Crippen LogP contribution in [-0.4, -0.2) is 58.3 Å². The second kappa shape index (κ2) is 10.5. The number of thioether (sulfide) groups is 1. The van der Waals surface area contributed by atoms with Gasteiger partial charge in [-0.15, -0.1) is 11.8 Å². The van der Waals surface area contributed by atoms with E-state index in [2.05, 4.69) is 21.4 Å². The quantitative estimate of drug-likeness (QED) is 0.355. The Morgan fingerprint density at radius 2 is 2.19 bits per heavy atom. The summed E-state index contributed by atoms with van der Waals surface area (Å²) in [5.74, 6) is 0.529. The Morgan fingerprint density at radius 1 is 1.47 bits per heavy atom. The van der Waals surface area contributed by atoms with Crippen LogP contribution in [0.1, 0.15) is 13.3 Å². The van der Waals surface area contributed by atoms with Crippen LogP contribution in [0.5, 0.6) is 5.75 Å². The van der Waals surface area contributed by atoms with Crippen LogP contribution >= 0.6 is 19.5 Å². The van der Waals surface area contributed by atoms with Gasteiger partial charge in [-0.3, -0.25) is 9.32 Å². The van der Waals surface area contributed by atoms with Gasteiger partial charge < -0.3 is 25.0 Å². The summed E-state index contributed by atoms with van der Waals surface area (Å²) in [5, 5.41) is 12.6. The summed E-state index contributed by atoms with van der Waals surface area (Å²) in [6, 6.07) is 7.54. The highest BCUT2D eigenvalue weighted by molar-refractivity contribution is 8.00. The molecule has 0 radical (unpaired) electrons. The molecular weight excluding hydrogens is 455 g/mol. The second-order valence-electron chi connectivity index (χ2n) is 7.18. The molecule has 1 fully saturated rings. The zero-order valence-corrected chi connectivity index (χ0v) is 19.5. The minimum Gasteiger partial charge on any atom is -0.468 e. The lowest BCUT2D eigenvalue weighted by atomic mass is 10.2. The molecule has 1 aromatic carbocycles. The van der Waals surface area contributed by atoms with E-state index in [0.29, 0.717) is 23.8 Å². The Labute approximate surface area is 191 Å². The van der Waals surface area contributed by atoms with E-state index in [9.17, 15) is 14.5 Å². The monoisotopic (exact) mass is 482 g/mol. The average molecular weight is 482 g/mol. The van der Waals surface area contributed by atoms with E-state index in [1.54, 1.807) is 42.6 Å². The first-order valence-corrected chi connectivity index (χ1v) is 12.4. The summed E-state index contributed by atoms with van der Waals surface area (Å²) in [6.07, 6.45) is 3.12. The third-order valence-electron chi connectivity index (χ3n) is 4.76. The number of hydrogen-bond acceptors (Lipinski definition) is 10. The van der Waals surface area contributed by atoms with Gasteiger partial charge in [0, 0.05) is 12.6 Å². The summed E-state index contributed by atoms with van der Waals surface area (Å²) in [4.78, 5) is 17.8. The molecule has 0 bridgehead atoms. The van der Waals surface area contributed by atoms with Gasteiger partial charge in [0.1, 0.15) is 23.4 Å². The third-order valence-corrected chi connectivity index (χ3v) is 7.94. The lowest BCUT2D eigenvalue weighted by Crippen LogP contribution is -2.35. The number of nitrogens with zero attached hydrogens (tertiary/aromatic N) is 2. The molecule has 0 aliphatic carbocycles. The summed E-state index contributed by atoms with van der Waals surface area (Å²) in [7, 11) is -2.74. The van der Waals surface area contributed by atoms with Crippen LogP contribution in [-0.2, 0) is 18.6 Å². The lowest BCUT2D eigenvalue weighted by molar-refractivity contribution is -0.142. The molecule has 1 saturated heterocycles. The molecular formula is C20H27N4O6PS. The van der Waals surface area contributed by atoms with Gasteiger partial charge in [0.2, 0.25) is 0 Å². The number of carbonyl (C=O) groups excluding carboxylic acids is 1. The van der Waals surface area contributed by atoms with Crippen molar-refractivity contribution in [3.8, 4) is 5.75 Å². The highest BCUT2D eigenvalue weighted by atomic mass is 32.2. The fourth-order valence-electron chi connectivity index (χ4n) is 3.13. The normalized spacial score (nSPS) is 25.7. The van der Waals surface area contributed by atoms with Crippen molar-refractivity contribution in [2.75, 3.05) is 13.7 Å². The average Bonchev–Trinajstić information content (AvgIpc) is 3.12. The van der Waals surface area contributed by atoms with E-state index < -0.39 is 31.1 Å².